The van der Waals surface area contributed by atoms with Gasteiger partial charge in [0.25, 0.3) is 0 Å². The van der Waals surface area contributed by atoms with Crippen molar-refractivity contribution in [3.63, 3.8) is 0 Å². The van der Waals surface area contributed by atoms with Crippen molar-refractivity contribution < 1.29 is 13.2 Å². The fraction of sp³-hybridized carbons (Fsp3) is 0.933. The van der Waals surface area contributed by atoms with Crippen LogP contribution in [0, 0.1) is 5.92 Å². The van der Waals surface area contributed by atoms with Crippen molar-refractivity contribution in [2.24, 2.45) is 10.9 Å². The molecule has 0 amide bonds. The second-order valence-corrected chi connectivity index (χ2v) is 9.18. The van der Waals surface area contributed by atoms with Gasteiger partial charge in [0.1, 0.15) is 0 Å². The van der Waals surface area contributed by atoms with Crippen molar-refractivity contribution in [1.82, 2.24) is 10.6 Å². The lowest BCUT2D eigenvalue weighted by Gasteiger charge is -2.21. The summed E-state index contributed by atoms with van der Waals surface area (Å²) in [6.45, 7) is 8.74. The van der Waals surface area contributed by atoms with E-state index < -0.39 is 14.6 Å². The van der Waals surface area contributed by atoms with Crippen molar-refractivity contribution in [2.45, 2.75) is 44.8 Å². The predicted octanol–water partition coefficient (Wildman–Crippen LogP) is 1.18. The summed E-state index contributed by atoms with van der Waals surface area (Å²) in [6, 6.07) is 0. The molecule has 0 bridgehead atoms. The third-order valence-corrected chi connectivity index (χ3v) is 5.91. The van der Waals surface area contributed by atoms with E-state index in [9.17, 15) is 8.42 Å². The molecule has 0 aromatic rings. The molecule has 0 aromatic carbocycles. The first-order valence-electron chi connectivity index (χ1n) is 8.06. The molecule has 0 aromatic heterocycles. The summed E-state index contributed by atoms with van der Waals surface area (Å²) in [6.07, 6.45) is 4.78. The van der Waals surface area contributed by atoms with E-state index in [1.807, 2.05) is 6.92 Å². The minimum atomic E-state index is -3.13. The zero-order valence-electron chi connectivity index (χ0n) is 14.3. The third-order valence-electron chi connectivity index (χ3n) is 3.77. The van der Waals surface area contributed by atoms with Crippen LogP contribution in [-0.2, 0) is 14.6 Å². The van der Waals surface area contributed by atoms with Gasteiger partial charge in [-0.1, -0.05) is 0 Å². The van der Waals surface area contributed by atoms with Gasteiger partial charge in [-0.05, 0) is 46.0 Å². The maximum Gasteiger partial charge on any atom is 0.191 e. The largest absolute Gasteiger partial charge is 0.381 e. The van der Waals surface area contributed by atoms with Crippen molar-refractivity contribution >= 4 is 15.8 Å². The molecule has 1 saturated carbocycles. The zero-order chi connectivity index (χ0) is 16.6. The topological polar surface area (TPSA) is 79.8 Å². The van der Waals surface area contributed by atoms with Gasteiger partial charge >= 0.3 is 0 Å². The van der Waals surface area contributed by atoms with E-state index >= 15 is 0 Å². The van der Waals surface area contributed by atoms with E-state index in [0.717, 1.165) is 38.6 Å². The Balaban J connectivity index is 2.31. The van der Waals surface area contributed by atoms with Gasteiger partial charge in [0.15, 0.2) is 15.8 Å². The summed E-state index contributed by atoms with van der Waals surface area (Å²) in [4.78, 5) is 4.38. The Labute approximate surface area is 135 Å². The summed E-state index contributed by atoms with van der Waals surface area (Å²) in [7, 11) is -3.13. The van der Waals surface area contributed by atoms with Crippen LogP contribution in [0.4, 0.5) is 0 Å². The molecule has 1 aliphatic carbocycles. The number of guanidine groups is 1. The summed E-state index contributed by atoms with van der Waals surface area (Å²) < 4.78 is 28.1. The molecule has 0 saturated heterocycles. The lowest BCUT2D eigenvalue weighted by molar-refractivity contribution is 0.123. The number of nitrogens with zero attached hydrogens (tertiary/aromatic N) is 1. The Morgan fingerprint density at radius 1 is 1.32 bits per heavy atom. The quantitative estimate of drug-likeness (QED) is 0.356. The Hall–Kier alpha value is -0.820. The average molecular weight is 333 g/mol. The minimum absolute atomic E-state index is 0.235. The van der Waals surface area contributed by atoms with E-state index in [4.69, 9.17) is 4.74 Å². The highest BCUT2D eigenvalue weighted by Crippen LogP contribution is 2.28. The molecule has 0 spiro atoms. The van der Waals surface area contributed by atoms with Crippen LogP contribution in [0.15, 0.2) is 4.99 Å². The first kappa shape index (κ1) is 19.2. The molecule has 130 valence electrons. The maximum atomic E-state index is 11.7. The average Bonchev–Trinajstić information content (AvgIpc) is 3.22. The molecule has 0 heterocycles. The van der Waals surface area contributed by atoms with Gasteiger partial charge in [0.2, 0.25) is 0 Å². The van der Waals surface area contributed by atoms with Crippen molar-refractivity contribution in [3.8, 4) is 0 Å². The monoisotopic (exact) mass is 333 g/mol. The first-order chi connectivity index (χ1) is 10.3. The summed E-state index contributed by atoms with van der Waals surface area (Å²) >= 11 is 0. The fourth-order valence-corrected chi connectivity index (χ4v) is 1.94. The van der Waals surface area contributed by atoms with Gasteiger partial charge in [-0.2, -0.15) is 0 Å². The molecular formula is C15H31N3O3S. The molecule has 6 nitrogen and oxygen atoms in total. The Bertz CT molecular complexity index is 457. The van der Waals surface area contributed by atoms with Crippen LogP contribution in [-0.4, -0.2) is 58.2 Å². The van der Waals surface area contributed by atoms with E-state index in [2.05, 4.69) is 15.6 Å². The Morgan fingerprint density at radius 2 is 2.00 bits per heavy atom. The molecule has 0 unspecified atom stereocenters. The predicted molar refractivity (Wildman–Crippen MR) is 91.1 cm³/mol. The number of rotatable bonds is 10. The lowest BCUT2D eigenvalue weighted by Crippen LogP contribution is -2.41. The molecule has 0 aliphatic heterocycles. The molecule has 1 rings (SSSR count). The van der Waals surface area contributed by atoms with E-state index in [1.54, 1.807) is 13.8 Å². The Kier molecular flexibility index (Phi) is 7.62. The number of hydrogen-bond acceptors (Lipinski definition) is 4. The number of hydrogen-bond donors (Lipinski definition) is 2. The number of aliphatic imine (C=N–C) groups is 1. The molecule has 2 N–H and O–H groups in total. The SMILES string of the molecule is CCNC(=NCC(C)(C)S(C)(=O)=O)NCCCOCC1CC1. The van der Waals surface area contributed by atoms with Gasteiger partial charge in [-0.25, -0.2) is 8.42 Å². The minimum Gasteiger partial charge on any atom is -0.381 e. The molecular weight excluding hydrogens is 302 g/mol. The van der Waals surface area contributed by atoms with Gasteiger partial charge in [0.05, 0.1) is 11.3 Å². The number of sulfone groups is 1. The normalized spacial score (nSPS) is 16.6. The number of nitrogens with one attached hydrogen (secondary N) is 2. The van der Waals surface area contributed by atoms with Crippen LogP contribution >= 0.6 is 0 Å². The highest BCUT2D eigenvalue weighted by Gasteiger charge is 2.29. The van der Waals surface area contributed by atoms with Crippen LogP contribution in [0.5, 0.6) is 0 Å². The molecule has 1 aliphatic rings. The highest BCUT2D eigenvalue weighted by atomic mass is 32.2. The van der Waals surface area contributed by atoms with Gasteiger partial charge in [0, 0.05) is 32.6 Å². The van der Waals surface area contributed by atoms with E-state index in [1.165, 1.54) is 19.1 Å². The van der Waals surface area contributed by atoms with E-state index in [-0.39, 0.29) is 6.54 Å². The van der Waals surface area contributed by atoms with Crippen LogP contribution in [0.25, 0.3) is 0 Å². The second kappa shape index (κ2) is 8.72. The molecule has 1 fully saturated rings. The first-order valence-corrected chi connectivity index (χ1v) is 9.95. The van der Waals surface area contributed by atoms with Gasteiger partial charge in [-0.3, -0.25) is 4.99 Å². The van der Waals surface area contributed by atoms with Crippen molar-refractivity contribution in [1.29, 1.82) is 0 Å². The zero-order valence-corrected chi connectivity index (χ0v) is 15.1. The highest BCUT2D eigenvalue weighted by molar-refractivity contribution is 7.92. The molecule has 22 heavy (non-hydrogen) atoms. The summed E-state index contributed by atoms with van der Waals surface area (Å²) in [5.74, 6) is 1.45. The third kappa shape index (κ3) is 7.45. The lowest BCUT2D eigenvalue weighted by atomic mass is 10.2. The molecule has 0 atom stereocenters. The fourth-order valence-electron chi connectivity index (χ4n) is 1.64. The van der Waals surface area contributed by atoms with Crippen LogP contribution in [0.1, 0.15) is 40.0 Å². The van der Waals surface area contributed by atoms with Crippen LogP contribution in [0.2, 0.25) is 0 Å². The number of ether oxygens (including phenoxy) is 1. The van der Waals surface area contributed by atoms with Crippen LogP contribution < -0.4 is 10.6 Å². The summed E-state index contributed by atoms with van der Waals surface area (Å²) in [5.41, 5.74) is 0. The molecule has 0 radical (unpaired) electrons. The van der Waals surface area contributed by atoms with E-state index in [0.29, 0.717) is 5.96 Å². The second-order valence-electron chi connectivity index (χ2n) is 6.53. The van der Waals surface area contributed by atoms with Gasteiger partial charge in [-0.15, -0.1) is 0 Å². The summed E-state index contributed by atoms with van der Waals surface area (Å²) in [5, 5.41) is 6.34. The van der Waals surface area contributed by atoms with Crippen LogP contribution in [0.3, 0.4) is 0 Å². The standard InChI is InChI=1S/C15H31N3O3S/c1-5-16-14(18-12-15(2,3)22(4,19)20)17-9-6-10-21-11-13-7-8-13/h13H,5-12H2,1-4H3,(H2,16,17,18). The van der Waals surface area contributed by atoms with Crippen molar-refractivity contribution in [2.75, 3.05) is 39.1 Å². The Morgan fingerprint density at radius 3 is 2.55 bits per heavy atom. The van der Waals surface area contributed by atoms with Gasteiger partial charge < -0.3 is 15.4 Å². The van der Waals surface area contributed by atoms with Crippen molar-refractivity contribution in [3.05, 3.63) is 0 Å². The maximum absolute atomic E-state index is 11.7. The smallest absolute Gasteiger partial charge is 0.191 e. The molecule has 7 heteroatoms.